The van der Waals surface area contributed by atoms with Crippen LogP contribution in [-0.2, 0) is 11.2 Å². The van der Waals surface area contributed by atoms with Crippen LogP contribution in [0.2, 0.25) is 0 Å². The molecule has 0 aliphatic rings. The first-order valence-corrected chi connectivity index (χ1v) is 6.01. The van der Waals surface area contributed by atoms with Crippen LogP contribution in [0.3, 0.4) is 0 Å². The van der Waals surface area contributed by atoms with E-state index in [1.807, 2.05) is 0 Å². The van der Waals surface area contributed by atoms with Crippen LogP contribution in [0, 0.1) is 5.92 Å². The van der Waals surface area contributed by atoms with Crippen molar-refractivity contribution in [3.8, 4) is 0 Å². The van der Waals surface area contributed by atoms with Gasteiger partial charge in [-0.1, -0.05) is 20.3 Å². The molecular weight excluding hydrogens is 216 g/mol. The number of anilines is 2. The van der Waals surface area contributed by atoms with Crippen LogP contribution < -0.4 is 11.1 Å². The third kappa shape index (κ3) is 4.19. The lowest BCUT2D eigenvalue weighted by molar-refractivity contribution is 0.164. The number of nitrogen functional groups attached to an aromatic ring is 1. The number of rotatable bonds is 7. The average Bonchev–Trinajstić information content (AvgIpc) is 2.30. The molecular formula is C12H22N4O. The fourth-order valence-electron chi connectivity index (χ4n) is 1.69. The number of methoxy groups -OCH3 is 1. The highest BCUT2D eigenvalue weighted by Crippen LogP contribution is 2.19. The van der Waals surface area contributed by atoms with Gasteiger partial charge < -0.3 is 15.8 Å². The fraction of sp³-hybridized carbons (Fsp3) is 0.667. The summed E-state index contributed by atoms with van der Waals surface area (Å²) < 4.78 is 5.10. The largest absolute Gasteiger partial charge is 0.384 e. The van der Waals surface area contributed by atoms with Crippen LogP contribution in [-0.4, -0.2) is 30.2 Å². The molecule has 96 valence electrons. The molecule has 1 aromatic heterocycles. The molecule has 0 spiro atoms. The first-order valence-electron chi connectivity index (χ1n) is 6.01. The Labute approximate surface area is 103 Å². The molecule has 0 saturated heterocycles. The minimum Gasteiger partial charge on any atom is -0.384 e. The van der Waals surface area contributed by atoms with Crippen molar-refractivity contribution in [3.63, 3.8) is 0 Å². The van der Waals surface area contributed by atoms with Gasteiger partial charge in [-0.15, -0.1) is 0 Å². The van der Waals surface area contributed by atoms with Crippen LogP contribution in [0.15, 0.2) is 6.33 Å². The molecule has 0 radical (unpaired) electrons. The van der Waals surface area contributed by atoms with E-state index in [0.29, 0.717) is 11.7 Å². The second-order valence-electron chi connectivity index (χ2n) is 4.28. The van der Waals surface area contributed by atoms with E-state index in [9.17, 15) is 0 Å². The maximum Gasteiger partial charge on any atom is 0.134 e. The third-order valence-corrected chi connectivity index (χ3v) is 2.55. The Morgan fingerprint density at radius 2 is 2.24 bits per heavy atom. The first-order chi connectivity index (χ1) is 8.19. The molecule has 0 saturated carbocycles. The van der Waals surface area contributed by atoms with Gasteiger partial charge in [0.25, 0.3) is 0 Å². The maximum absolute atomic E-state index is 5.86. The van der Waals surface area contributed by atoms with Gasteiger partial charge in [0.2, 0.25) is 0 Å². The predicted octanol–water partition coefficient (Wildman–Crippen LogP) is 1.71. The van der Waals surface area contributed by atoms with Gasteiger partial charge in [-0.25, -0.2) is 9.97 Å². The lowest BCUT2D eigenvalue weighted by Gasteiger charge is -2.15. The molecule has 0 bridgehead atoms. The van der Waals surface area contributed by atoms with E-state index in [0.717, 1.165) is 37.4 Å². The van der Waals surface area contributed by atoms with Crippen LogP contribution in [0.1, 0.15) is 25.8 Å². The normalized spacial score (nSPS) is 12.4. The summed E-state index contributed by atoms with van der Waals surface area (Å²) in [6.07, 6.45) is 3.42. The van der Waals surface area contributed by atoms with Crippen molar-refractivity contribution >= 4 is 11.6 Å². The summed E-state index contributed by atoms with van der Waals surface area (Å²) in [4.78, 5) is 8.27. The van der Waals surface area contributed by atoms with Crippen molar-refractivity contribution in [2.45, 2.75) is 26.7 Å². The topological polar surface area (TPSA) is 73.1 Å². The fourth-order valence-corrected chi connectivity index (χ4v) is 1.69. The molecule has 0 aliphatic carbocycles. The summed E-state index contributed by atoms with van der Waals surface area (Å²) in [6, 6.07) is 0. The predicted molar refractivity (Wildman–Crippen MR) is 70.0 cm³/mol. The van der Waals surface area contributed by atoms with E-state index in [1.165, 1.54) is 6.33 Å². The van der Waals surface area contributed by atoms with Gasteiger partial charge in [-0.3, -0.25) is 0 Å². The number of nitrogens with two attached hydrogens (primary N) is 1. The van der Waals surface area contributed by atoms with Crippen molar-refractivity contribution < 1.29 is 4.74 Å². The molecule has 0 fully saturated rings. The Hall–Kier alpha value is -1.36. The Bertz CT molecular complexity index is 343. The lowest BCUT2D eigenvalue weighted by Crippen LogP contribution is -2.18. The van der Waals surface area contributed by atoms with E-state index in [4.69, 9.17) is 10.5 Å². The van der Waals surface area contributed by atoms with E-state index in [2.05, 4.69) is 29.1 Å². The number of nitrogens with zero attached hydrogens (tertiary/aromatic N) is 2. The van der Waals surface area contributed by atoms with Gasteiger partial charge >= 0.3 is 0 Å². The molecule has 1 heterocycles. The van der Waals surface area contributed by atoms with Gasteiger partial charge in [-0.05, 0) is 12.3 Å². The molecule has 1 atom stereocenters. The highest BCUT2D eigenvalue weighted by Gasteiger charge is 2.09. The zero-order valence-corrected chi connectivity index (χ0v) is 10.9. The van der Waals surface area contributed by atoms with Gasteiger partial charge in [0.15, 0.2) is 0 Å². The summed E-state index contributed by atoms with van der Waals surface area (Å²) >= 11 is 0. The van der Waals surface area contributed by atoms with E-state index < -0.39 is 0 Å². The molecule has 1 rings (SSSR count). The van der Waals surface area contributed by atoms with Crippen LogP contribution in [0.4, 0.5) is 11.6 Å². The molecule has 5 nitrogen and oxygen atoms in total. The average molecular weight is 238 g/mol. The van der Waals surface area contributed by atoms with Crippen molar-refractivity contribution in [1.29, 1.82) is 0 Å². The SMILES string of the molecule is CCCc1c(N)ncnc1NCC(C)COC. The van der Waals surface area contributed by atoms with Crippen LogP contribution >= 0.6 is 0 Å². The van der Waals surface area contributed by atoms with Gasteiger partial charge in [0, 0.05) is 19.2 Å². The minimum absolute atomic E-state index is 0.436. The highest BCUT2D eigenvalue weighted by atomic mass is 16.5. The summed E-state index contributed by atoms with van der Waals surface area (Å²) in [5.41, 5.74) is 6.87. The summed E-state index contributed by atoms with van der Waals surface area (Å²) in [6.45, 7) is 5.79. The highest BCUT2D eigenvalue weighted by molar-refractivity contribution is 5.54. The lowest BCUT2D eigenvalue weighted by atomic mass is 10.1. The number of hydrogen-bond acceptors (Lipinski definition) is 5. The number of aromatic nitrogens is 2. The maximum atomic E-state index is 5.86. The second kappa shape index (κ2) is 7.06. The van der Waals surface area contributed by atoms with Crippen LogP contribution in [0.5, 0.6) is 0 Å². The van der Waals surface area contributed by atoms with E-state index in [-0.39, 0.29) is 0 Å². The Morgan fingerprint density at radius 1 is 1.47 bits per heavy atom. The molecule has 0 aromatic carbocycles. The standard InChI is InChI=1S/C12H22N4O/c1-4-5-10-11(13)15-8-16-12(10)14-6-9(2)7-17-3/h8-9H,4-7H2,1-3H3,(H3,13,14,15,16). The molecule has 17 heavy (non-hydrogen) atoms. The van der Waals surface area contributed by atoms with Crippen molar-refractivity contribution in [3.05, 3.63) is 11.9 Å². The molecule has 1 unspecified atom stereocenters. The Morgan fingerprint density at radius 3 is 2.88 bits per heavy atom. The molecule has 0 amide bonds. The number of nitrogens with one attached hydrogen (secondary N) is 1. The van der Waals surface area contributed by atoms with E-state index in [1.54, 1.807) is 7.11 Å². The van der Waals surface area contributed by atoms with Gasteiger partial charge in [0.1, 0.15) is 18.0 Å². The van der Waals surface area contributed by atoms with E-state index >= 15 is 0 Å². The Balaban J connectivity index is 2.66. The molecule has 3 N–H and O–H groups in total. The Kier molecular flexibility index (Phi) is 5.69. The van der Waals surface area contributed by atoms with Gasteiger partial charge in [-0.2, -0.15) is 0 Å². The molecule has 0 aliphatic heterocycles. The summed E-state index contributed by atoms with van der Waals surface area (Å²) in [5, 5.41) is 3.31. The summed E-state index contributed by atoms with van der Waals surface area (Å²) in [7, 11) is 1.71. The molecule has 1 aromatic rings. The monoisotopic (exact) mass is 238 g/mol. The third-order valence-electron chi connectivity index (χ3n) is 2.55. The van der Waals surface area contributed by atoms with Crippen LogP contribution in [0.25, 0.3) is 0 Å². The van der Waals surface area contributed by atoms with Crippen molar-refractivity contribution in [1.82, 2.24) is 9.97 Å². The first kappa shape index (κ1) is 13.7. The number of ether oxygens (including phenoxy) is 1. The van der Waals surface area contributed by atoms with Crippen molar-refractivity contribution in [2.75, 3.05) is 31.3 Å². The number of hydrogen-bond donors (Lipinski definition) is 2. The smallest absolute Gasteiger partial charge is 0.134 e. The zero-order valence-electron chi connectivity index (χ0n) is 10.9. The minimum atomic E-state index is 0.436. The summed E-state index contributed by atoms with van der Waals surface area (Å²) in [5.74, 6) is 1.86. The van der Waals surface area contributed by atoms with Gasteiger partial charge in [0.05, 0.1) is 6.61 Å². The molecule has 5 heteroatoms. The second-order valence-corrected chi connectivity index (χ2v) is 4.28. The quantitative estimate of drug-likeness (QED) is 0.756. The zero-order chi connectivity index (χ0) is 12.7. The van der Waals surface area contributed by atoms with Crippen molar-refractivity contribution in [2.24, 2.45) is 5.92 Å².